The minimum absolute atomic E-state index is 0.0289. The Morgan fingerprint density at radius 2 is 2.06 bits per heavy atom. The van der Waals surface area contributed by atoms with E-state index in [4.69, 9.17) is 27.9 Å². The van der Waals surface area contributed by atoms with Gasteiger partial charge in [-0.05, 0) is 39.7 Å². The van der Waals surface area contributed by atoms with E-state index in [1.54, 1.807) is 0 Å². The predicted molar refractivity (Wildman–Crippen MR) is 66.2 cm³/mol. The van der Waals surface area contributed by atoms with Crippen molar-refractivity contribution in [3.63, 3.8) is 0 Å². The molecule has 88 valence electrons. The van der Waals surface area contributed by atoms with Gasteiger partial charge < -0.3 is 4.74 Å². The summed E-state index contributed by atoms with van der Waals surface area (Å²) in [5.74, 6) is 0.0679. The molecule has 0 fully saturated rings. The lowest BCUT2D eigenvalue weighted by Gasteiger charge is -2.06. The minimum atomic E-state index is -0.515. The van der Waals surface area contributed by atoms with E-state index in [-0.39, 0.29) is 16.2 Å². The molecular weight excluding hydrogens is 334 g/mol. The Morgan fingerprint density at radius 1 is 1.29 bits per heavy atom. The van der Waals surface area contributed by atoms with Crippen molar-refractivity contribution in [2.24, 2.45) is 0 Å². The molecule has 0 saturated heterocycles. The normalized spacial score (nSPS) is 10.4. The van der Waals surface area contributed by atoms with Crippen LogP contribution >= 0.6 is 39.1 Å². The zero-order valence-electron chi connectivity index (χ0n) is 8.12. The average molecular weight is 338 g/mol. The first-order valence-electron chi connectivity index (χ1n) is 4.37. The lowest BCUT2D eigenvalue weighted by Crippen LogP contribution is -1.92. The van der Waals surface area contributed by atoms with Crippen LogP contribution in [-0.2, 0) is 0 Å². The minimum Gasteiger partial charge on any atom is -0.438 e. The molecule has 0 saturated carbocycles. The van der Waals surface area contributed by atoms with Crippen molar-refractivity contribution >= 4 is 39.1 Å². The summed E-state index contributed by atoms with van der Waals surface area (Å²) >= 11 is 14.5. The second-order valence-corrected chi connectivity index (χ2v) is 4.57. The van der Waals surface area contributed by atoms with Crippen LogP contribution in [0.4, 0.5) is 4.39 Å². The van der Waals surface area contributed by atoms with Crippen LogP contribution in [0.15, 0.2) is 28.9 Å². The number of rotatable bonds is 2. The van der Waals surface area contributed by atoms with Crippen LogP contribution in [0.5, 0.6) is 11.6 Å². The zero-order valence-corrected chi connectivity index (χ0v) is 11.2. The number of halogens is 4. The molecule has 2 aromatic rings. The van der Waals surface area contributed by atoms with E-state index >= 15 is 0 Å². The topological polar surface area (TPSA) is 35.0 Å². The van der Waals surface area contributed by atoms with Gasteiger partial charge in [0.1, 0.15) is 11.6 Å². The van der Waals surface area contributed by atoms with Gasteiger partial charge in [0.05, 0.1) is 9.50 Å². The van der Waals surface area contributed by atoms with Gasteiger partial charge in [0.15, 0.2) is 0 Å². The van der Waals surface area contributed by atoms with Crippen LogP contribution in [0.3, 0.4) is 0 Å². The van der Waals surface area contributed by atoms with E-state index in [2.05, 4.69) is 25.9 Å². The van der Waals surface area contributed by atoms with E-state index in [0.29, 0.717) is 10.2 Å². The van der Waals surface area contributed by atoms with Crippen molar-refractivity contribution in [2.45, 2.75) is 0 Å². The van der Waals surface area contributed by atoms with Gasteiger partial charge in [-0.2, -0.15) is 4.98 Å². The van der Waals surface area contributed by atoms with Gasteiger partial charge in [-0.3, -0.25) is 0 Å². The van der Waals surface area contributed by atoms with Gasteiger partial charge in [-0.15, -0.1) is 0 Å². The summed E-state index contributed by atoms with van der Waals surface area (Å²) in [5.41, 5.74) is 0. The van der Waals surface area contributed by atoms with E-state index < -0.39 is 5.82 Å². The highest BCUT2D eigenvalue weighted by atomic mass is 79.9. The second-order valence-electron chi connectivity index (χ2n) is 2.97. The fourth-order valence-electron chi connectivity index (χ4n) is 1.05. The fourth-order valence-corrected chi connectivity index (χ4v) is 1.62. The van der Waals surface area contributed by atoms with Crippen molar-refractivity contribution in [3.05, 3.63) is 45.0 Å². The molecule has 1 aromatic carbocycles. The molecule has 17 heavy (non-hydrogen) atoms. The van der Waals surface area contributed by atoms with E-state index in [9.17, 15) is 4.39 Å². The summed E-state index contributed by atoms with van der Waals surface area (Å²) in [4.78, 5) is 7.62. The molecule has 0 spiro atoms. The first-order valence-corrected chi connectivity index (χ1v) is 5.92. The standard InChI is InChI=1S/C10H4BrCl2FN2O/c11-6-4-15-10(13)16-9(6)17-5-1-2-8(14)7(12)3-5/h1-4H. The average Bonchev–Trinajstić information content (AvgIpc) is 2.29. The third-order valence-electron chi connectivity index (χ3n) is 1.79. The van der Waals surface area contributed by atoms with Gasteiger partial charge in [0, 0.05) is 12.3 Å². The lowest BCUT2D eigenvalue weighted by atomic mass is 10.3. The highest BCUT2D eigenvalue weighted by molar-refractivity contribution is 9.10. The maximum absolute atomic E-state index is 12.9. The van der Waals surface area contributed by atoms with Crippen molar-refractivity contribution in [1.82, 2.24) is 9.97 Å². The van der Waals surface area contributed by atoms with Crippen LogP contribution in [0, 0.1) is 5.82 Å². The number of nitrogens with zero attached hydrogens (tertiary/aromatic N) is 2. The van der Waals surface area contributed by atoms with Crippen molar-refractivity contribution in [1.29, 1.82) is 0 Å². The van der Waals surface area contributed by atoms with Crippen LogP contribution in [0.2, 0.25) is 10.3 Å². The third kappa shape index (κ3) is 3.06. The number of aromatic nitrogens is 2. The van der Waals surface area contributed by atoms with Crippen LogP contribution in [0.1, 0.15) is 0 Å². The highest BCUT2D eigenvalue weighted by Crippen LogP contribution is 2.29. The number of hydrogen-bond donors (Lipinski definition) is 0. The summed E-state index contributed by atoms with van der Waals surface area (Å²) in [6.07, 6.45) is 1.45. The molecule has 1 heterocycles. The number of benzene rings is 1. The molecule has 0 aliphatic carbocycles. The Morgan fingerprint density at radius 3 is 2.76 bits per heavy atom. The van der Waals surface area contributed by atoms with Crippen LogP contribution < -0.4 is 4.74 Å². The molecule has 0 bridgehead atoms. The molecule has 0 atom stereocenters. The summed E-state index contributed by atoms with van der Waals surface area (Å²) in [5, 5.41) is 0.0233. The molecule has 0 aliphatic heterocycles. The molecular formula is C10H4BrCl2FN2O. The third-order valence-corrected chi connectivity index (χ3v) is 2.80. The van der Waals surface area contributed by atoms with Crippen LogP contribution in [0.25, 0.3) is 0 Å². The molecule has 0 unspecified atom stereocenters. The monoisotopic (exact) mass is 336 g/mol. The van der Waals surface area contributed by atoms with Gasteiger partial charge in [0.25, 0.3) is 0 Å². The second kappa shape index (κ2) is 5.16. The quantitative estimate of drug-likeness (QED) is 0.758. The summed E-state index contributed by atoms with van der Waals surface area (Å²) in [7, 11) is 0. The number of ether oxygens (including phenoxy) is 1. The Labute approximate surface area is 115 Å². The van der Waals surface area contributed by atoms with E-state index in [1.807, 2.05) is 0 Å². The maximum atomic E-state index is 12.9. The number of hydrogen-bond acceptors (Lipinski definition) is 3. The zero-order chi connectivity index (χ0) is 12.4. The first-order chi connectivity index (χ1) is 8.06. The molecule has 3 nitrogen and oxygen atoms in total. The van der Waals surface area contributed by atoms with Gasteiger partial charge in [-0.25, -0.2) is 9.37 Å². The van der Waals surface area contributed by atoms with Crippen molar-refractivity contribution in [3.8, 4) is 11.6 Å². The smallest absolute Gasteiger partial charge is 0.237 e. The van der Waals surface area contributed by atoms with Gasteiger partial charge >= 0.3 is 0 Å². The molecule has 7 heteroatoms. The molecule has 0 aliphatic rings. The summed E-state index contributed by atoms with van der Waals surface area (Å²) in [6.45, 7) is 0. The Kier molecular flexibility index (Phi) is 3.81. The summed E-state index contributed by atoms with van der Waals surface area (Å²) < 4.78 is 18.9. The fraction of sp³-hybridized carbons (Fsp3) is 0. The van der Waals surface area contributed by atoms with Crippen LogP contribution in [-0.4, -0.2) is 9.97 Å². The Bertz CT molecular complexity index is 568. The first kappa shape index (κ1) is 12.5. The SMILES string of the molecule is Fc1ccc(Oc2nc(Cl)ncc2Br)cc1Cl. The van der Waals surface area contributed by atoms with Crippen molar-refractivity contribution < 1.29 is 9.13 Å². The van der Waals surface area contributed by atoms with E-state index in [0.717, 1.165) is 0 Å². The molecule has 0 amide bonds. The van der Waals surface area contributed by atoms with E-state index in [1.165, 1.54) is 24.4 Å². The van der Waals surface area contributed by atoms with Gasteiger partial charge in [0.2, 0.25) is 11.2 Å². The van der Waals surface area contributed by atoms with Crippen molar-refractivity contribution in [2.75, 3.05) is 0 Å². The van der Waals surface area contributed by atoms with Gasteiger partial charge in [-0.1, -0.05) is 11.6 Å². The molecule has 2 rings (SSSR count). The largest absolute Gasteiger partial charge is 0.438 e. The lowest BCUT2D eigenvalue weighted by molar-refractivity contribution is 0.456. The molecule has 0 N–H and O–H groups in total. The molecule has 0 radical (unpaired) electrons. The Hall–Kier alpha value is -0.910. The highest BCUT2D eigenvalue weighted by Gasteiger charge is 2.08. The predicted octanol–water partition coefficient (Wildman–Crippen LogP) is 4.48. The Balaban J connectivity index is 2.31. The summed E-state index contributed by atoms with van der Waals surface area (Å²) in [6, 6.07) is 3.98. The molecule has 1 aromatic heterocycles. The maximum Gasteiger partial charge on any atom is 0.237 e.